The molecule has 1 N–H and O–H groups in total. The van der Waals surface area contributed by atoms with Crippen LogP contribution in [0.2, 0.25) is 5.02 Å². The van der Waals surface area contributed by atoms with E-state index in [0.29, 0.717) is 6.04 Å². The number of halogens is 2. The molecule has 2 nitrogen and oxygen atoms in total. The number of benzene rings is 2. The predicted octanol–water partition coefficient (Wildman–Crippen LogP) is 5.54. The number of hydrogen-bond acceptors (Lipinski definition) is 2. The smallest absolute Gasteiger partial charge is 0.118 e. The van der Waals surface area contributed by atoms with Crippen molar-refractivity contribution in [3.63, 3.8) is 0 Å². The summed E-state index contributed by atoms with van der Waals surface area (Å²) in [4.78, 5) is 0. The summed E-state index contributed by atoms with van der Waals surface area (Å²) in [6.45, 7) is 2.18. The summed E-state index contributed by atoms with van der Waals surface area (Å²) in [6, 6.07) is 14.4. The van der Waals surface area contributed by atoms with E-state index in [1.807, 2.05) is 30.3 Å². The Kier molecular flexibility index (Phi) is 5.95. The Morgan fingerprint density at radius 3 is 2.57 bits per heavy atom. The van der Waals surface area contributed by atoms with Crippen LogP contribution in [0.4, 0.5) is 5.69 Å². The minimum absolute atomic E-state index is 0.363. The molecular weight excluding hydrogens is 350 g/mol. The van der Waals surface area contributed by atoms with Crippen molar-refractivity contribution >= 4 is 33.2 Å². The average molecular weight is 369 g/mol. The molecule has 2 aromatic carbocycles. The van der Waals surface area contributed by atoms with Crippen LogP contribution in [0.3, 0.4) is 0 Å². The summed E-state index contributed by atoms with van der Waals surface area (Å²) in [5.74, 6) is 0.896. The Morgan fingerprint density at radius 1 is 1.19 bits per heavy atom. The first kappa shape index (κ1) is 16.2. The number of aryl methyl sites for hydroxylation is 1. The normalized spacial score (nSPS) is 12.0. The summed E-state index contributed by atoms with van der Waals surface area (Å²) >= 11 is 9.56. The highest BCUT2D eigenvalue weighted by Crippen LogP contribution is 2.27. The van der Waals surface area contributed by atoms with Gasteiger partial charge < -0.3 is 10.1 Å². The molecule has 0 saturated heterocycles. The Labute approximate surface area is 139 Å². The molecule has 0 bridgehead atoms. The average Bonchev–Trinajstić information content (AvgIpc) is 2.49. The second kappa shape index (κ2) is 7.71. The SMILES string of the molecule is COc1ccc(CCC(C)Nc2cc(Cl)ccc2Br)cc1. The van der Waals surface area contributed by atoms with Crippen molar-refractivity contribution in [3.05, 3.63) is 57.5 Å². The molecule has 1 atom stereocenters. The lowest BCUT2D eigenvalue weighted by atomic mass is 10.1. The van der Waals surface area contributed by atoms with Gasteiger partial charge in [0.15, 0.2) is 0 Å². The van der Waals surface area contributed by atoms with Crippen LogP contribution in [0.25, 0.3) is 0 Å². The number of methoxy groups -OCH3 is 1. The van der Waals surface area contributed by atoms with Crippen molar-refractivity contribution in [3.8, 4) is 5.75 Å². The molecule has 21 heavy (non-hydrogen) atoms. The van der Waals surface area contributed by atoms with Gasteiger partial charge in [0, 0.05) is 15.5 Å². The predicted molar refractivity (Wildman–Crippen MR) is 93.6 cm³/mol. The fourth-order valence-corrected chi connectivity index (χ4v) is 2.65. The van der Waals surface area contributed by atoms with Gasteiger partial charge in [0.1, 0.15) is 5.75 Å². The molecule has 2 rings (SSSR count). The van der Waals surface area contributed by atoms with Crippen molar-refractivity contribution in [1.29, 1.82) is 0 Å². The first-order chi connectivity index (χ1) is 10.1. The van der Waals surface area contributed by atoms with Crippen molar-refractivity contribution in [1.82, 2.24) is 0 Å². The molecule has 0 aliphatic rings. The maximum atomic E-state index is 6.03. The summed E-state index contributed by atoms with van der Waals surface area (Å²) in [7, 11) is 1.68. The maximum Gasteiger partial charge on any atom is 0.118 e. The van der Waals surface area contributed by atoms with Gasteiger partial charge in [-0.25, -0.2) is 0 Å². The molecule has 0 fully saturated rings. The molecule has 0 aliphatic carbocycles. The largest absolute Gasteiger partial charge is 0.497 e. The molecule has 112 valence electrons. The topological polar surface area (TPSA) is 21.3 Å². The van der Waals surface area contributed by atoms with Gasteiger partial charge in [-0.3, -0.25) is 0 Å². The van der Waals surface area contributed by atoms with Gasteiger partial charge in [0.05, 0.1) is 12.8 Å². The fraction of sp³-hybridized carbons (Fsp3) is 0.294. The van der Waals surface area contributed by atoms with E-state index >= 15 is 0 Å². The third kappa shape index (κ3) is 4.94. The first-order valence-corrected chi connectivity index (χ1v) is 8.10. The summed E-state index contributed by atoms with van der Waals surface area (Å²) in [5.41, 5.74) is 2.35. The lowest BCUT2D eigenvalue weighted by molar-refractivity contribution is 0.414. The van der Waals surface area contributed by atoms with Crippen molar-refractivity contribution < 1.29 is 4.74 Å². The van der Waals surface area contributed by atoms with Crippen molar-refractivity contribution in [2.24, 2.45) is 0 Å². The van der Waals surface area contributed by atoms with E-state index in [2.05, 4.69) is 40.3 Å². The fourth-order valence-electron chi connectivity index (χ4n) is 2.12. The molecule has 0 spiro atoms. The van der Waals surface area contributed by atoms with Crippen LogP contribution in [0.1, 0.15) is 18.9 Å². The molecule has 1 unspecified atom stereocenters. The monoisotopic (exact) mass is 367 g/mol. The van der Waals surface area contributed by atoms with E-state index in [0.717, 1.165) is 33.8 Å². The van der Waals surface area contributed by atoms with Gasteiger partial charge in [0.2, 0.25) is 0 Å². The highest BCUT2D eigenvalue weighted by Gasteiger charge is 2.06. The van der Waals surface area contributed by atoms with Crippen LogP contribution in [0, 0.1) is 0 Å². The van der Waals surface area contributed by atoms with Gasteiger partial charge in [-0.15, -0.1) is 0 Å². The number of anilines is 1. The van der Waals surface area contributed by atoms with Crippen molar-refractivity contribution in [2.45, 2.75) is 25.8 Å². The highest BCUT2D eigenvalue weighted by atomic mass is 79.9. The van der Waals surface area contributed by atoms with Crippen LogP contribution in [0.5, 0.6) is 5.75 Å². The molecule has 0 amide bonds. The summed E-state index contributed by atoms with van der Waals surface area (Å²) < 4.78 is 6.20. The van der Waals surface area contributed by atoms with E-state index in [1.54, 1.807) is 7.11 Å². The van der Waals surface area contributed by atoms with E-state index in [1.165, 1.54) is 5.56 Å². The molecule has 2 aromatic rings. The standard InChI is InChI=1S/C17H19BrClNO/c1-12(20-17-11-14(19)7-10-16(17)18)3-4-13-5-8-15(21-2)9-6-13/h5-12,20H,3-4H2,1-2H3. The van der Waals surface area contributed by atoms with Gasteiger partial charge >= 0.3 is 0 Å². The summed E-state index contributed by atoms with van der Waals surface area (Å²) in [6.07, 6.45) is 2.07. The maximum absolute atomic E-state index is 6.03. The van der Waals surface area contributed by atoms with Crippen LogP contribution in [-0.2, 0) is 6.42 Å². The lowest BCUT2D eigenvalue weighted by Crippen LogP contribution is -2.16. The Balaban J connectivity index is 1.89. The molecule has 0 aromatic heterocycles. The first-order valence-electron chi connectivity index (χ1n) is 6.93. The number of ether oxygens (including phenoxy) is 1. The molecule has 0 saturated carbocycles. The molecule has 0 radical (unpaired) electrons. The molecule has 4 heteroatoms. The molecular formula is C17H19BrClNO. The number of hydrogen-bond donors (Lipinski definition) is 1. The zero-order valence-corrected chi connectivity index (χ0v) is 14.5. The summed E-state index contributed by atoms with van der Waals surface area (Å²) in [5, 5.41) is 4.23. The number of nitrogens with one attached hydrogen (secondary N) is 1. The van der Waals surface area contributed by atoms with Gasteiger partial charge in [-0.05, 0) is 71.6 Å². The van der Waals surface area contributed by atoms with Crippen LogP contribution < -0.4 is 10.1 Å². The van der Waals surface area contributed by atoms with E-state index in [-0.39, 0.29) is 0 Å². The quantitative estimate of drug-likeness (QED) is 0.722. The van der Waals surface area contributed by atoms with Crippen LogP contribution in [-0.4, -0.2) is 13.2 Å². The van der Waals surface area contributed by atoms with Crippen LogP contribution >= 0.6 is 27.5 Å². The minimum atomic E-state index is 0.363. The zero-order valence-electron chi connectivity index (χ0n) is 12.2. The Hall–Kier alpha value is -1.19. The number of rotatable bonds is 6. The van der Waals surface area contributed by atoms with Gasteiger partial charge in [0.25, 0.3) is 0 Å². The van der Waals surface area contributed by atoms with Crippen molar-refractivity contribution in [2.75, 3.05) is 12.4 Å². The minimum Gasteiger partial charge on any atom is -0.497 e. The molecule has 0 heterocycles. The third-order valence-corrected chi connectivity index (χ3v) is 4.28. The zero-order chi connectivity index (χ0) is 15.2. The van der Waals surface area contributed by atoms with E-state index < -0.39 is 0 Å². The van der Waals surface area contributed by atoms with Crippen LogP contribution in [0.15, 0.2) is 46.9 Å². The highest BCUT2D eigenvalue weighted by molar-refractivity contribution is 9.10. The van der Waals surface area contributed by atoms with E-state index in [9.17, 15) is 0 Å². The Morgan fingerprint density at radius 2 is 1.90 bits per heavy atom. The Bertz CT molecular complexity index is 586. The second-order valence-electron chi connectivity index (χ2n) is 5.06. The van der Waals surface area contributed by atoms with Gasteiger partial charge in [-0.1, -0.05) is 23.7 Å². The molecule has 0 aliphatic heterocycles. The van der Waals surface area contributed by atoms with E-state index in [4.69, 9.17) is 16.3 Å². The lowest BCUT2D eigenvalue weighted by Gasteiger charge is -2.17. The van der Waals surface area contributed by atoms with Gasteiger partial charge in [-0.2, -0.15) is 0 Å². The second-order valence-corrected chi connectivity index (χ2v) is 6.35. The third-order valence-electron chi connectivity index (χ3n) is 3.36.